The van der Waals surface area contributed by atoms with Gasteiger partial charge >= 0.3 is 0 Å². The van der Waals surface area contributed by atoms with Crippen molar-refractivity contribution in [3.05, 3.63) is 48.0 Å². The molecule has 2 aromatic carbocycles. The number of rotatable bonds is 4. The van der Waals surface area contributed by atoms with Crippen LogP contribution in [0.4, 0.5) is 0 Å². The summed E-state index contributed by atoms with van der Waals surface area (Å²) in [5, 5.41) is 5.64. The van der Waals surface area contributed by atoms with Gasteiger partial charge < -0.3 is 11.1 Å². The predicted octanol–water partition coefficient (Wildman–Crippen LogP) is 4.00. The molecule has 0 heterocycles. The van der Waals surface area contributed by atoms with Crippen LogP contribution in [0.25, 0.3) is 10.8 Å². The molecule has 1 amide bonds. The fraction of sp³-hybridized carbons (Fsp3) is 0.450. The minimum atomic E-state index is -0.139. The third kappa shape index (κ3) is 4.08. The molecule has 1 aliphatic carbocycles. The Morgan fingerprint density at radius 1 is 1.17 bits per heavy atom. The lowest BCUT2D eigenvalue weighted by Crippen LogP contribution is -2.46. The number of hydrogen-bond acceptors (Lipinski definition) is 2. The average Bonchev–Trinajstić information content (AvgIpc) is 2.61. The summed E-state index contributed by atoms with van der Waals surface area (Å²) < 4.78 is 0. The number of nitrogens with one attached hydrogen (secondary N) is 1. The number of amides is 1. The Hall–Kier alpha value is -1.58. The first-order valence-corrected chi connectivity index (χ1v) is 8.68. The van der Waals surface area contributed by atoms with E-state index in [1.807, 2.05) is 19.1 Å². The Morgan fingerprint density at radius 3 is 2.62 bits per heavy atom. The van der Waals surface area contributed by atoms with Crippen molar-refractivity contribution in [3.63, 3.8) is 0 Å². The molecule has 0 aromatic heterocycles. The zero-order chi connectivity index (χ0) is 16.2. The van der Waals surface area contributed by atoms with Gasteiger partial charge in [-0.2, -0.15) is 0 Å². The number of halogens is 1. The molecule has 3 N–H and O–H groups in total. The highest BCUT2D eigenvalue weighted by molar-refractivity contribution is 5.87. The van der Waals surface area contributed by atoms with Crippen LogP contribution < -0.4 is 11.1 Å². The third-order valence-electron chi connectivity index (χ3n) is 5.21. The molecule has 4 heteroatoms. The van der Waals surface area contributed by atoms with E-state index in [0.717, 1.165) is 18.4 Å². The molecule has 24 heavy (non-hydrogen) atoms. The zero-order valence-corrected chi connectivity index (χ0v) is 15.0. The summed E-state index contributed by atoms with van der Waals surface area (Å²) in [7, 11) is 0. The van der Waals surface area contributed by atoms with Crippen LogP contribution in [0.3, 0.4) is 0 Å². The first-order valence-electron chi connectivity index (χ1n) is 8.68. The van der Waals surface area contributed by atoms with E-state index in [1.54, 1.807) is 0 Å². The van der Waals surface area contributed by atoms with Gasteiger partial charge in [-0.25, -0.2) is 0 Å². The van der Waals surface area contributed by atoms with Crippen molar-refractivity contribution in [1.82, 2.24) is 5.32 Å². The van der Waals surface area contributed by atoms with Crippen molar-refractivity contribution in [2.45, 2.75) is 44.6 Å². The third-order valence-corrected chi connectivity index (χ3v) is 5.21. The van der Waals surface area contributed by atoms with Crippen molar-refractivity contribution >= 4 is 29.1 Å². The summed E-state index contributed by atoms with van der Waals surface area (Å²) in [6, 6.07) is 14.8. The first kappa shape index (κ1) is 18.8. The molecule has 3 atom stereocenters. The number of hydrogen-bond donors (Lipinski definition) is 2. The molecule has 0 aliphatic heterocycles. The van der Waals surface area contributed by atoms with Gasteiger partial charge in [0.2, 0.25) is 5.91 Å². The maximum absolute atomic E-state index is 12.7. The van der Waals surface area contributed by atoms with E-state index in [0.29, 0.717) is 12.5 Å². The van der Waals surface area contributed by atoms with Crippen LogP contribution in [0.15, 0.2) is 42.5 Å². The predicted molar refractivity (Wildman–Crippen MR) is 103 cm³/mol. The number of carbonyl (C=O) groups is 1. The Kier molecular flexibility index (Phi) is 6.64. The molecule has 0 spiro atoms. The van der Waals surface area contributed by atoms with Crippen molar-refractivity contribution < 1.29 is 4.79 Å². The van der Waals surface area contributed by atoms with E-state index in [9.17, 15) is 4.79 Å². The summed E-state index contributed by atoms with van der Waals surface area (Å²) in [4.78, 5) is 12.7. The van der Waals surface area contributed by atoms with Crippen molar-refractivity contribution in [1.29, 1.82) is 0 Å². The van der Waals surface area contributed by atoms with Gasteiger partial charge in [-0.1, -0.05) is 55.3 Å². The molecule has 1 aliphatic rings. The molecule has 2 aromatic rings. The second kappa shape index (κ2) is 8.50. The fourth-order valence-corrected chi connectivity index (χ4v) is 3.62. The van der Waals surface area contributed by atoms with Gasteiger partial charge in [0, 0.05) is 6.04 Å². The molecular formula is C20H27ClN2O. The molecular weight excluding hydrogens is 320 g/mol. The molecule has 3 nitrogen and oxygen atoms in total. The summed E-state index contributed by atoms with van der Waals surface area (Å²) in [5.74, 6) is 0.405. The van der Waals surface area contributed by atoms with Crippen LogP contribution in [-0.2, 0) is 4.79 Å². The van der Waals surface area contributed by atoms with Gasteiger partial charge in [-0.15, -0.1) is 12.4 Å². The number of carbonyl (C=O) groups excluding carboxylic acids is 1. The molecule has 3 unspecified atom stereocenters. The topological polar surface area (TPSA) is 55.1 Å². The Labute approximate surface area is 150 Å². The van der Waals surface area contributed by atoms with E-state index < -0.39 is 0 Å². The highest BCUT2D eigenvalue weighted by Gasteiger charge is 2.27. The van der Waals surface area contributed by atoms with Crippen LogP contribution in [0.5, 0.6) is 0 Å². The number of benzene rings is 2. The lowest BCUT2D eigenvalue weighted by molar-refractivity contribution is -0.123. The minimum absolute atomic E-state index is 0. The molecule has 1 saturated carbocycles. The molecule has 130 valence electrons. The summed E-state index contributed by atoms with van der Waals surface area (Å²) in [6.45, 7) is 2.65. The maximum atomic E-state index is 12.7. The fourth-order valence-electron chi connectivity index (χ4n) is 3.62. The summed E-state index contributed by atoms with van der Waals surface area (Å²) >= 11 is 0. The van der Waals surface area contributed by atoms with Gasteiger partial charge in [-0.05, 0) is 48.6 Å². The van der Waals surface area contributed by atoms with Crippen LogP contribution >= 0.6 is 12.4 Å². The largest absolute Gasteiger partial charge is 0.353 e. The van der Waals surface area contributed by atoms with Gasteiger partial charge in [0.1, 0.15) is 0 Å². The van der Waals surface area contributed by atoms with Gasteiger partial charge in [0.15, 0.2) is 0 Å². The van der Waals surface area contributed by atoms with E-state index in [4.69, 9.17) is 5.73 Å². The van der Waals surface area contributed by atoms with Gasteiger partial charge in [-0.3, -0.25) is 4.79 Å². The smallest absolute Gasteiger partial charge is 0.227 e. The van der Waals surface area contributed by atoms with Crippen LogP contribution in [0.2, 0.25) is 0 Å². The number of nitrogens with two attached hydrogens (primary N) is 1. The van der Waals surface area contributed by atoms with Crippen LogP contribution in [-0.4, -0.2) is 18.5 Å². The Bertz CT molecular complexity index is 688. The van der Waals surface area contributed by atoms with E-state index >= 15 is 0 Å². The van der Waals surface area contributed by atoms with Crippen molar-refractivity contribution in [2.75, 3.05) is 6.54 Å². The minimum Gasteiger partial charge on any atom is -0.353 e. The average molecular weight is 347 g/mol. The highest BCUT2D eigenvalue weighted by atomic mass is 35.5. The normalized spacial score (nSPS) is 21.8. The SMILES string of the molecule is CC(C(=O)NC1CCCCC1CN)c1ccc2ccccc2c1.Cl. The van der Waals surface area contributed by atoms with Crippen molar-refractivity contribution in [3.8, 4) is 0 Å². The molecule has 0 bridgehead atoms. The zero-order valence-electron chi connectivity index (χ0n) is 14.2. The summed E-state index contributed by atoms with van der Waals surface area (Å²) in [5.41, 5.74) is 6.94. The van der Waals surface area contributed by atoms with Crippen LogP contribution in [0.1, 0.15) is 44.1 Å². The second-order valence-electron chi connectivity index (χ2n) is 6.72. The quantitative estimate of drug-likeness (QED) is 0.879. The standard InChI is InChI=1S/C20H26N2O.ClH/c1-14(16-11-10-15-6-2-3-7-17(15)12-16)20(23)22-19-9-5-4-8-18(19)13-21;/h2-3,6-7,10-12,14,18-19H,4-5,8-9,13,21H2,1H3,(H,22,23);1H. The van der Waals surface area contributed by atoms with E-state index in [-0.39, 0.29) is 30.3 Å². The lowest BCUT2D eigenvalue weighted by Gasteiger charge is -2.32. The molecule has 0 radical (unpaired) electrons. The second-order valence-corrected chi connectivity index (χ2v) is 6.72. The van der Waals surface area contributed by atoms with E-state index in [2.05, 4.69) is 35.6 Å². The van der Waals surface area contributed by atoms with Gasteiger partial charge in [0.25, 0.3) is 0 Å². The molecule has 3 rings (SSSR count). The Morgan fingerprint density at radius 2 is 1.88 bits per heavy atom. The molecule has 1 fully saturated rings. The monoisotopic (exact) mass is 346 g/mol. The van der Waals surface area contributed by atoms with Crippen molar-refractivity contribution in [2.24, 2.45) is 11.7 Å². The lowest BCUT2D eigenvalue weighted by atomic mass is 9.84. The number of fused-ring (bicyclic) bond motifs is 1. The maximum Gasteiger partial charge on any atom is 0.227 e. The van der Waals surface area contributed by atoms with Gasteiger partial charge in [0.05, 0.1) is 5.92 Å². The Balaban J connectivity index is 0.00000208. The van der Waals surface area contributed by atoms with E-state index in [1.165, 1.54) is 23.6 Å². The highest BCUT2D eigenvalue weighted by Crippen LogP contribution is 2.26. The summed E-state index contributed by atoms with van der Waals surface area (Å²) in [6.07, 6.45) is 4.60. The first-order chi connectivity index (χ1) is 11.2. The van der Waals surface area contributed by atoms with Crippen LogP contribution in [0, 0.1) is 5.92 Å². The molecule has 0 saturated heterocycles.